The molecular formula is C24H37NO6. The first kappa shape index (κ1) is 26.8. The van der Waals surface area contributed by atoms with Crippen molar-refractivity contribution in [2.24, 2.45) is 11.8 Å². The van der Waals surface area contributed by atoms with Crippen molar-refractivity contribution in [1.82, 2.24) is 4.90 Å². The predicted octanol–water partition coefficient (Wildman–Crippen LogP) is 3.04. The van der Waals surface area contributed by atoms with Crippen LogP contribution in [0.25, 0.3) is 0 Å². The Morgan fingerprint density at radius 1 is 1.13 bits per heavy atom. The Balaban J connectivity index is 2.82. The first-order valence-electron chi connectivity index (χ1n) is 10.3. The lowest BCUT2D eigenvalue weighted by molar-refractivity contribution is -0.129. The van der Waals surface area contributed by atoms with E-state index in [1.807, 2.05) is 37.3 Å². The molecule has 1 rings (SSSR count). The van der Waals surface area contributed by atoms with Crippen LogP contribution in [0.3, 0.4) is 0 Å². The van der Waals surface area contributed by atoms with Crippen LogP contribution in [0.2, 0.25) is 0 Å². The number of hydrogen-bond acceptors (Lipinski definition) is 6. The summed E-state index contributed by atoms with van der Waals surface area (Å²) in [5, 5.41) is 10.1. The molecule has 3 atom stereocenters. The van der Waals surface area contributed by atoms with Crippen LogP contribution in [-0.4, -0.2) is 70.3 Å². The maximum Gasteiger partial charge on any atom is 0.222 e. The zero-order valence-electron chi connectivity index (χ0n) is 19.4. The number of rotatable bonds is 15. The quantitative estimate of drug-likeness (QED) is 0.259. The molecule has 1 aromatic rings. The van der Waals surface area contributed by atoms with E-state index in [4.69, 9.17) is 18.9 Å². The fraction of sp³-hybridized carbons (Fsp3) is 0.542. The van der Waals surface area contributed by atoms with Gasteiger partial charge in [0.15, 0.2) is 0 Å². The summed E-state index contributed by atoms with van der Waals surface area (Å²) in [7, 11) is 6.61. The molecule has 174 valence electrons. The molecule has 7 heteroatoms. The van der Waals surface area contributed by atoms with Crippen molar-refractivity contribution in [3.63, 3.8) is 0 Å². The van der Waals surface area contributed by atoms with E-state index in [1.54, 1.807) is 32.2 Å². The minimum Gasteiger partial charge on any atom is -0.497 e. The second kappa shape index (κ2) is 14.8. The van der Waals surface area contributed by atoms with E-state index in [0.717, 1.165) is 16.9 Å². The molecule has 0 fully saturated rings. The number of benzene rings is 1. The topological polar surface area (TPSA) is 77.5 Å². The third-order valence-corrected chi connectivity index (χ3v) is 4.85. The molecule has 0 saturated heterocycles. The molecule has 0 bridgehead atoms. The second-order valence-electron chi connectivity index (χ2n) is 7.70. The Kier molecular flexibility index (Phi) is 12.8. The summed E-state index contributed by atoms with van der Waals surface area (Å²) in [5.41, 5.74) is 1.95. The molecule has 0 aliphatic heterocycles. The van der Waals surface area contributed by atoms with Gasteiger partial charge in [0.25, 0.3) is 0 Å². The fourth-order valence-corrected chi connectivity index (χ4v) is 2.96. The Morgan fingerprint density at radius 2 is 1.81 bits per heavy atom. The summed E-state index contributed by atoms with van der Waals surface area (Å²) in [6.45, 7) is 7.12. The van der Waals surface area contributed by atoms with Crippen LogP contribution >= 0.6 is 0 Å². The van der Waals surface area contributed by atoms with Crippen molar-refractivity contribution in [2.45, 2.75) is 26.1 Å². The molecule has 1 N–H and O–H groups in total. The molecule has 31 heavy (non-hydrogen) atoms. The van der Waals surface area contributed by atoms with E-state index >= 15 is 0 Å². The lowest BCUT2D eigenvalue weighted by Gasteiger charge is -2.26. The molecular weight excluding hydrogens is 398 g/mol. The van der Waals surface area contributed by atoms with Gasteiger partial charge in [0.1, 0.15) is 12.5 Å². The Labute approximate surface area is 186 Å². The lowest BCUT2D eigenvalue weighted by atomic mass is 9.84. The zero-order chi connectivity index (χ0) is 23.2. The first-order chi connectivity index (χ1) is 14.8. The van der Waals surface area contributed by atoms with Crippen LogP contribution in [0.4, 0.5) is 0 Å². The smallest absolute Gasteiger partial charge is 0.222 e. The number of aliphatic hydroxyl groups is 1. The van der Waals surface area contributed by atoms with Crippen molar-refractivity contribution in [1.29, 1.82) is 0 Å². The van der Waals surface area contributed by atoms with E-state index in [-0.39, 0.29) is 31.1 Å². The van der Waals surface area contributed by atoms with Crippen molar-refractivity contribution in [3.05, 3.63) is 54.1 Å². The van der Waals surface area contributed by atoms with Gasteiger partial charge in [-0.05, 0) is 30.5 Å². The molecule has 1 aromatic carbocycles. The summed E-state index contributed by atoms with van der Waals surface area (Å²) in [4.78, 5) is 14.0. The van der Waals surface area contributed by atoms with Crippen molar-refractivity contribution in [3.8, 4) is 5.75 Å². The molecule has 0 aromatic heterocycles. The third-order valence-electron chi connectivity index (χ3n) is 4.85. The van der Waals surface area contributed by atoms with E-state index in [2.05, 4.69) is 6.58 Å². The second-order valence-corrected chi connectivity index (χ2v) is 7.70. The molecule has 0 aliphatic rings. The highest BCUT2D eigenvalue weighted by Gasteiger charge is 2.24. The fourth-order valence-electron chi connectivity index (χ4n) is 2.96. The first-order valence-corrected chi connectivity index (χ1v) is 10.3. The highest BCUT2D eigenvalue weighted by molar-refractivity contribution is 5.76. The standard InChI is InChI=1S/C24H37NO6/c1-18(2)23(16-30-14-19-7-11-22(29-6)12-8-19)20(13-24(27)25(3)4)9-10-21(26)15-31-17-28-5/h7-12,20-21,23,26H,1,13-17H2,2-6H3/t20-,21+,23-/m1/s1. The molecule has 0 radical (unpaired) electrons. The van der Waals surface area contributed by atoms with E-state index in [1.165, 1.54) is 7.11 Å². The van der Waals surface area contributed by atoms with E-state index < -0.39 is 6.10 Å². The summed E-state index contributed by atoms with van der Waals surface area (Å²) in [5.74, 6) is 0.552. The van der Waals surface area contributed by atoms with Gasteiger partial charge < -0.3 is 29.0 Å². The van der Waals surface area contributed by atoms with Crippen molar-refractivity contribution in [2.75, 3.05) is 48.3 Å². The SMILES string of the molecule is C=C(C)[C@@H](COCc1ccc(OC)cc1)[C@H](C=C[C@H](O)COCOC)CC(=O)N(C)C. The number of hydrogen-bond donors (Lipinski definition) is 1. The van der Waals surface area contributed by atoms with Crippen LogP contribution in [-0.2, 0) is 25.6 Å². The minimum absolute atomic E-state index is 0.00109. The molecule has 1 amide bonds. The number of carbonyl (C=O) groups excluding carboxylic acids is 1. The highest BCUT2D eigenvalue weighted by atomic mass is 16.7. The van der Waals surface area contributed by atoms with Gasteiger partial charge in [-0.1, -0.05) is 36.4 Å². The number of allylic oxidation sites excluding steroid dienone is 1. The number of methoxy groups -OCH3 is 2. The van der Waals surface area contributed by atoms with Crippen LogP contribution in [0, 0.1) is 11.8 Å². The number of carbonyl (C=O) groups is 1. The molecule has 0 aliphatic carbocycles. The van der Waals surface area contributed by atoms with Gasteiger partial charge in [0.05, 0.1) is 33.0 Å². The van der Waals surface area contributed by atoms with E-state index in [9.17, 15) is 9.90 Å². The van der Waals surface area contributed by atoms with Crippen LogP contribution in [0.1, 0.15) is 18.9 Å². The van der Waals surface area contributed by atoms with Gasteiger partial charge >= 0.3 is 0 Å². The maximum atomic E-state index is 12.4. The maximum absolute atomic E-state index is 12.4. The predicted molar refractivity (Wildman–Crippen MR) is 121 cm³/mol. The minimum atomic E-state index is -0.793. The zero-order valence-corrected chi connectivity index (χ0v) is 19.4. The van der Waals surface area contributed by atoms with Crippen LogP contribution in [0.15, 0.2) is 48.6 Å². The van der Waals surface area contributed by atoms with Gasteiger partial charge in [-0.3, -0.25) is 4.79 Å². The highest BCUT2D eigenvalue weighted by Crippen LogP contribution is 2.26. The monoisotopic (exact) mass is 435 g/mol. The summed E-state index contributed by atoms with van der Waals surface area (Å²) >= 11 is 0. The average molecular weight is 436 g/mol. The normalized spacial score (nSPS) is 14.3. The number of nitrogens with zero attached hydrogens (tertiary/aromatic N) is 1. The Bertz CT molecular complexity index is 686. The van der Waals surface area contributed by atoms with Crippen molar-refractivity contribution < 1.29 is 28.8 Å². The van der Waals surface area contributed by atoms with Gasteiger partial charge in [-0.15, -0.1) is 0 Å². The molecule has 0 saturated carbocycles. The van der Waals surface area contributed by atoms with Gasteiger partial charge in [0, 0.05) is 33.5 Å². The Hall–Kier alpha value is -2.19. The summed E-state index contributed by atoms with van der Waals surface area (Å²) < 4.78 is 21.1. The summed E-state index contributed by atoms with van der Waals surface area (Å²) in [6, 6.07) is 7.70. The molecule has 7 nitrogen and oxygen atoms in total. The number of ether oxygens (including phenoxy) is 4. The summed E-state index contributed by atoms with van der Waals surface area (Å²) in [6.07, 6.45) is 3.01. The van der Waals surface area contributed by atoms with Gasteiger partial charge in [0.2, 0.25) is 5.91 Å². The van der Waals surface area contributed by atoms with Gasteiger partial charge in [-0.2, -0.15) is 0 Å². The van der Waals surface area contributed by atoms with Crippen LogP contribution in [0.5, 0.6) is 5.75 Å². The van der Waals surface area contributed by atoms with Crippen LogP contribution < -0.4 is 4.74 Å². The molecule has 0 unspecified atom stereocenters. The number of amides is 1. The lowest BCUT2D eigenvalue weighted by Crippen LogP contribution is -2.29. The Morgan fingerprint density at radius 3 is 2.35 bits per heavy atom. The van der Waals surface area contributed by atoms with Crippen molar-refractivity contribution >= 4 is 5.91 Å². The molecule has 0 heterocycles. The largest absolute Gasteiger partial charge is 0.497 e. The molecule has 0 spiro atoms. The number of aliphatic hydroxyl groups excluding tert-OH is 1. The average Bonchev–Trinajstić information content (AvgIpc) is 2.74. The van der Waals surface area contributed by atoms with Gasteiger partial charge in [-0.25, -0.2) is 0 Å². The van der Waals surface area contributed by atoms with E-state index in [0.29, 0.717) is 19.6 Å². The third kappa shape index (κ3) is 10.6.